The van der Waals surface area contributed by atoms with E-state index < -0.39 is 12.2 Å². The second-order valence-corrected chi connectivity index (χ2v) is 10.5. The smallest absolute Gasteiger partial charge is 0.243 e. The number of nitrogens with one attached hydrogen (secondary N) is 2. The molecule has 0 saturated carbocycles. The molecular formula is C30H34N2O6S. The molecule has 3 unspecified atom stereocenters. The van der Waals surface area contributed by atoms with E-state index in [-0.39, 0.29) is 37.6 Å². The highest BCUT2D eigenvalue weighted by atomic mass is 32.2. The summed E-state index contributed by atoms with van der Waals surface area (Å²) < 4.78 is 12.8. The van der Waals surface area contributed by atoms with Crippen LogP contribution in [0.25, 0.3) is 0 Å². The van der Waals surface area contributed by atoms with Gasteiger partial charge in [0.1, 0.15) is 0 Å². The van der Waals surface area contributed by atoms with E-state index in [1.54, 1.807) is 17.2 Å². The van der Waals surface area contributed by atoms with Crippen LogP contribution in [0.3, 0.4) is 0 Å². The number of amides is 2. The van der Waals surface area contributed by atoms with Crippen molar-refractivity contribution in [2.75, 3.05) is 5.75 Å². The average Bonchev–Trinajstić information content (AvgIpc) is 2.99. The first kappa shape index (κ1) is 28.8. The van der Waals surface area contributed by atoms with Crippen LogP contribution >= 0.6 is 11.8 Å². The monoisotopic (exact) mass is 550 g/mol. The van der Waals surface area contributed by atoms with Crippen molar-refractivity contribution in [1.82, 2.24) is 10.8 Å². The van der Waals surface area contributed by atoms with Gasteiger partial charge < -0.3 is 19.9 Å². The van der Waals surface area contributed by atoms with Gasteiger partial charge in [-0.05, 0) is 35.2 Å². The molecule has 1 heterocycles. The van der Waals surface area contributed by atoms with Crippen LogP contribution in [0.1, 0.15) is 60.3 Å². The molecule has 1 aliphatic heterocycles. The van der Waals surface area contributed by atoms with Crippen molar-refractivity contribution < 1.29 is 29.4 Å². The van der Waals surface area contributed by atoms with E-state index in [1.165, 1.54) is 4.90 Å². The molecule has 0 radical (unpaired) electrons. The fourth-order valence-corrected chi connectivity index (χ4v) is 5.22. The number of rotatable bonds is 12. The Kier molecular flexibility index (Phi) is 10.9. The molecule has 1 fully saturated rings. The number of carbonyl (C=O) groups excluding carboxylic acids is 2. The lowest BCUT2D eigenvalue weighted by atomic mass is 10.0. The third kappa shape index (κ3) is 8.91. The number of benzene rings is 3. The van der Waals surface area contributed by atoms with Gasteiger partial charge in [0.2, 0.25) is 11.8 Å². The number of ether oxygens (including phenoxy) is 2. The molecule has 0 bridgehead atoms. The molecule has 4 N–H and O–H groups in total. The second-order valence-electron chi connectivity index (χ2n) is 9.38. The summed E-state index contributed by atoms with van der Waals surface area (Å²) in [5.74, 6) is 0.132. The Morgan fingerprint density at radius 2 is 1.51 bits per heavy atom. The van der Waals surface area contributed by atoms with Crippen LogP contribution in [0, 0.1) is 0 Å². The molecule has 2 amide bonds. The van der Waals surface area contributed by atoms with Crippen molar-refractivity contribution in [1.29, 1.82) is 0 Å². The molecular weight excluding hydrogens is 516 g/mol. The first-order chi connectivity index (χ1) is 19.0. The fourth-order valence-electron chi connectivity index (χ4n) is 4.28. The Hall–Kier alpha value is -3.21. The second kappa shape index (κ2) is 14.8. The Balaban J connectivity index is 1.38. The molecule has 206 valence electrons. The van der Waals surface area contributed by atoms with Crippen molar-refractivity contribution in [3.63, 3.8) is 0 Å². The zero-order chi connectivity index (χ0) is 27.5. The maximum absolute atomic E-state index is 12.1. The van der Waals surface area contributed by atoms with Gasteiger partial charge in [0.05, 0.1) is 18.8 Å². The van der Waals surface area contributed by atoms with Crippen LogP contribution in [0.4, 0.5) is 0 Å². The first-order valence-corrected chi connectivity index (χ1v) is 14.0. The summed E-state index contributed by atoms with van der Waals surface area (Å²) in [7, 11) is 0. The first-order valence-electron chi connectivity index (χ1n) is 13.0. The highest BCUT2D eigenvalue weighted by Gasteiger charge is 2.32. The Bertz CT molecular complexity index is 1190. The zero-order valence-corrected chi connectivity index (χ0v) is 22.4. The number of hydroxylamine groups is 1. The number of aliphatic hydroxyl groups is 1. The van der Waals surface area contributed by atoms with Gasteiger partial charge in [-0.3, -0.25) is 14.8 Å². The van der Waals surface area contributed by atoms with Gasteiger partial charge in [-0.2, -0.15) is 0 Å². The van der Waals surface area contributed by atoms with E-state index in [1.807, 2.05) is 66.7 Å². The fraction of sp³-hybridized carbons (Fsp3) is 0.333. The number of carbonyl (C=O) groups is 2. The topological polar surface area (TPSA) is 117 Å². The van der Waals surface area contributed by atoms with E-state index in [0.717, 1.165) is 34.4 Å². The minimum Gasteiger partial charge on any atom is -0.392 e. The van der Waals surface area contributed by atoms with Crippen molar-refractivity contribution in [3.8, 4) is 0 Å². The highest BCUT2D eigenvalue weighted by Crippen LogP contribution is 2.39. The molecule has 0 spiro atoms. The lowest BCUT2D eigenvalue weighted by molar-refractivity contribution is -0.245. The van der Waals surface area contributed by atoms with E-state index >= 15 is 0 Å². The Labute approximate surface area is 232 Å². The molecule has 3 aromatic carbocycles. The van der Waals surface area contributed by atoms with Crippen LogP contribution < -0.4 is 10.8 Å². The lowest BCUT2D eigenvalue weighted by Gasteiger charge is -2.36. The molecule has 8 nitrogen and oxygen atoms in total. The van der Waals surface area contributed by atoms with Crippen LogP contribution in [-0.2, 0) is 32.2 Å². The summed E-state index contributed by atoms with van der Waals surface area (Å²) in [6.07, 6.45) is 0.674. The van der Waals surface area contributed by atoms with Crippen molar-refractivity contribution >= 4 is 23.6 Å². The van der Waals surface area contributed by atoms with Gasteiger partial charge in [-0.15, -0.1) is 11.8 Å². The van der Waals surface area contributed by atoms with Gasteiger partial charge >= 0.3 is 0 Å². The van der Waals surface area contributed by atoms with E-state index in [2.05, 4.69) is 17.4 Å². The third-order valence-electron chi connectivity index (χ3n) is 6.47. The van der Waals surface area contributed by atoms with Gasteiger partial charge in [-0.25, -0.2) is 5.48 Å². The maximum atomic E-state index is 12.1. The minimum atomic E-state index is -0.538. The molecule has 1 saturated heterocycles. The summed E-state index contributed by atoms with van der Waals surface area (Å²) in [5, 5.41) is 20.8. The summed E-state index contributed by atoms with van der Waals surface area (Å²) in [6, 6.07) is 25.9. The number of hydrogen-bond acceptors (Lipinski definition) is 7. The molecule has 1 aliphatic rings. The predicted molar refractivity (Wildman–Crippen MR) is 148 cm³/mol. The number of aliphatic hydroxyl groups excluding tert-OH is 1. The van der Waals surface area contributed by atoms with E-state index in [0.29, 0.717) is 13.0 Å². The summed E-state index contributed by atoms with van der Waals surface area (Å²) in [5.41, 5.74) is 5.30. The van der Waals surface area contributed by atoms with Crippen LogP contribution in [0.15, 0.2) is 83.8 Å². The summed E-state index contributed by atoms with van der Waals surface area (Å²) in [6.45, 7) is 0.370. The van der Waals surface area contributed by atoms with E-state index in [9.17, 15) is 14.7 Å². The number of hydrogen-bond donors (Lipinski definition) is 4. The molecule has 3 atom stereocenters. The van der Waals surface area contributed by atoms with Gasteiger partial charge in [0.25, 0.3) is 0 Å². The van der Waals surface area contributed by atoms with Crippen LogP contribution in [0.5, 0.6) is 0 Å². The normalized spacial score (nSPS) is 18.9. The van der Waals surface area contributed by atoms with Crippen molar-refractivity contribution in [3.05, 3.63) is 101 Å². The predicted octanol–water partition coefficient (Wildman–Crippen LogP) is 4.81. The van der Waals surface area contributed by atoms with Crippen molar-refractivity contribution in [2.45, 2.75) is 62.2 Å². The average molecular weight is 551 g/mol. The third-order valence-corrected chi connectivity index (χ3v) is 7.61. The van der Waals surface area contributed by atoms with Gasteiger partial charge in [0.15, 0.2) is 6.29 Å². The quantitative estimate of drug-likeness (QED) is 0.145. The van der Waals surface area contributed by atoms with Crippen LogP contribution in [0.2, 0.25) is 0 Å². The zero-order valence-electron chi connectivity index (χ0n) is 21.6. The summed E-state index contributed by atoms with van der Waals surface area (Å²) in [4.78, 5) is 24.3. The molecule has 0 aromatic heterocycles. The lowest BCUT2D eigenvalue weighted by Crippen LogP contribution is -2.31. The SMILES string of the molecule is O=C(CCCC(=O)NCc1ccc(C2OC(CSc3ccccc3)CC(c3ccc(CO)cc3)O2)cc1)NO. The Morgan fingerprint density at radius 3 is 2.21 bits per heavy atom. The Morgan fingerprint density at radius 1 is 0.846 bits per heavy atom. The van der Waals surface area contributed by atoms with Crippen molar-refractivity contribution in [2.24, 2.45) is 0 Å². The van der Waals surface area contributed by atoms with E-state index in [4.69, 9.17) is 14.7 Å². The standard InChI is InChI=1S/C30H34N2O6S/c33-19-22-11-13-23(14-12-22)27-17-25(20-39-26-5-2-1-3-6-26)37-30(38-27)24-15-9-21(10-16-24)18-31-28(34)7-4-8-29(35)32-36/h1-3,5-6,9-16,25,27,30,33,36H,4,7-8,17-20H2,(H,31,34)(H,32,35). The molecule has 0 aliphatic carbocycles. The van der Waals surface area contributed by atoms with Gasteiger partial charge in [0, 0.05) is 42.0 Å². The molecule has 4 rings (SSSR count). The minimum absolute atomic E-state index is 0.00154. The van der Waals surface area contributed by atoms with Gasteiger partial charge in [-0.1, -0.05) is 66.7 Å². The molecule has 39 heavy (non-hydrogen) atoms. The molecule has 9 heteroatoms. The largest absolute Gasteiger partial charge is 0.392 e. The maximum Gasteiger partial charge on any atom is 0.243 e. The van der Waals surface area contributed by atoms with Crippen LogP contribution in [-0.4, -0.2) is 34.0 Å². The summed E-state index contributed by atoms with van der Waals surface area (Å²) >= 11 is 1.76. The highest BCUT2D eigenvalue weighted by molar-refractivity contribution is 7.99. The molecule has 3 aromatic rings. The number of thioether (sulfide) groups is 1.